The number of anilines is 1. The average Bonchev–Trinajstić information content (AvgIpc) is 2.64. The number of hydrogen-bond donors (Lipinski definition) is 2. The maximum atomic E-state index is 11.9. The van der Waals surface area contributed by atoms with Gasteiger partial charge >= 0.3 is 0 Å². The van der Waals surface area contributed by atoms with Crippen molar-refractivity contribution in [3.05, 3.63) is 34.9 Å². The third kappa shape index (κ3) is 3.06. The number of carbonyl (C=O) groups excluding carboxylic acids is 1. The lowest BCUT2D eigenvalue weighted by molar-refractivity contribution is 0.0953. The molecule has 2 aromatic heterocycles. The molecule has 1 amide bonds. The van der Waals surface area contributed by atoms with Gasteiger partial charge in [-0.1, -0.05) is 0 Å². The molecule has 0 aliphatic carbocycles. The van der Waals surface area contributed by atoms with Crippen LogP contribution in [0.4, 0.5) is 5.95 Å². The van der Waals surface area contributed by atoms with E-state index in [-0.39, 0.29) is 5.91 Å². The molecule has 2 N–H and O–H groups in total. The first-order chi connectivity index (χ1) is 8.95. The van der Waals surface area contributed by atoms with E-state index < -0.39 is 0 Å². The number of nitrogens with one attached hydrogen (secondary N) is 2. The van der Waals surface area contributed by atoms with Crippen molar-refractivity contribution in [3.8, 4) is 0 Å². The Hall–Kier alpha value is -2.44. The lowest BCUT2D eigenvalue weighted by Gasteiger charge is -2.08. The molecule has 2 aromatic rings. The molecule has 0 atom stereocenters. The standard InChI is InChI=1S/C12H16N6O/c1-7-5-8(2)14-12(13-7)16-15-11(19)10-6-9(3)17-18(10)4/h5-6H,1-4H3,(H,15,19)(H,13,14,16). The second-order valence-electron chi connectivity index (χ2n) is 4.35. The molecular weight excluding hydrogens is 244 g/mol. The van der Waals surface area contributed by atoms with E-state index in [0.717, 1.165) is 17.1 Å². The van der Waals surface area contributed by atoms with E-state index >= 15 is 0 Å². The summed E-state index contributed by atoms with van der Waals surface area (Å²) < 4.78 is 1.52. The fourth-order valence-electron chi connectivity index (χ4n) is 1.78. The van der Waals surface area contributed by atoms with E-state index in [0.29, 0.717) is 11.6 Å². The SMILES string of the molecule is Cc1cc(C)nc(NNC(=O)c2cc(C)nn2C)n1. The van der Waals surface area contributed by atoms with E-state index in [1.54, 1.807) is 13.1 Å². The smallest absolute Gasteiger partial charge is 0.266 e. The molecule has 0 aromatic carbocycles. The number of amides is 1. The molecule has 0 aliphatic rings. The Morgan fingerprint density at radius 2 is 1.74 bits per heavy atom. The Bertz CT molecular complexity index is 598. The monoisotopic (exact) mass is 260 g/mol. The summed E-state index contributed by atoms with van der Waals surface area (Å²) in [5, 5.41) is 4.11. The van der Waals surface area contributed by atoms with Crippen LogP contribution in [0.15, 0.2) is 12.1 Å². The van der Waals surface area contributed by atoms with Gasteiger partial charge in [0.15, 0.2) is 0 Å². The van der Waals surface area contributed by atoms with Crippen LogP contribution in [0.2, 0.25) is 0 Å². The minimum Gasteiger partial charge on any atom is -0.266 e. The van der Waals surface area contributed by atoms with Gasteiger partial charge in [-0.15, -0.1) is 0 Å². The summed E-state index contributed by atoms with van der Waals surface area (Å²) in [6.07, 6.45) is 0. The van der Waals surface area contributed by atoms with Gasteiger partial charge in [-0.05, 0) is 32.9 Å². The van der Waals surface area contributed by atoms with Crippen molar-refractivity contribution in [1.82, 2.24) is 25.2 Å². The molecule has 0 saturated carbocycles. The summed E-state index contributed by atoms with van der Waals surface area (Å²) in [7, 11) is 1.72. The van der Waals surface area contributed by atoms with Gasteiger partial charge in [-0.25, -0.2) is 9.97 Å². The van der Waals surface area contributed by atoms with Crippen molar-refractivity contribution >= 4 is 11.9 Å². The highest BCUT2D eigenvalue weighted by molar-refractivity contribution is 5.93. The zero-order chi connectivity index (χ0) is 14.0. The van der Waals surface area contributed by atoms with Crippen LogP contribution in [0.3, 0.4) is 0 Å². The fraction of sp³-hybridized carbons (Fsp3) is 0.333. The van der Waals surface area contributed by atoms with Crippen LogP contribution in [0, 0.1) is 20.8 Å². The van der Waals surface area contributed by atoms with Crippen LogP contribution in [-0.4, -0.2) is 25.7 Å². The number of aromatic nitrogens is 4. The van der Waals surface area contributed by atoms with Gasteiger partial charge in [0.25, 0.3) is 5.91 Å². The second-order valence-corrected chi connectivity index (χ2v) is 4.35. The molecule has 2 rings (SSSR count). The molecule has 0 aliphatic heterocycles. The van der Waals surface area contributed by atoms with Gasteiger partial charge < -0.3 is 0 Å². The third-order valence-electron chi connectivity index (χ3n) is 2.50. The van der Waals surface area contributed by atoms with Gasteiger partial charge in [0.2, 0.25) is 5.95 Å². The summed E-state index contributed by atoms with van der Waals surface area (Å²) in [5.41, 5.74) is 8.17. The normalized spacial score (nSPS) is 10.3. The highest BCUT2D eigenvalue weighted by atomic mass is 16.2. The largest absolute Gasteiger partial charge is 0.287 e. The maximum absolute atomic E-state index is 11.9. The second kappa shape index (κ2) is 5.05. The molecule has 0 radical (unpaired) electrons. The third-order valence-corrected chi connectivity index (χ3v) is 2.50. The number of hydrazine groups is 1. The van der Waals surface area contributed by atoms with Gasteiger partial charge in [-0.3, -0.25) is 20.3 Å². The molecule has 0 spiro atoms. The molecule has 7 nitrogen and oxygen atoms in total. The summed E-state index contributed by atoms with van der Waals surface area (Å²) in [6, 6.07) is 3.57. The molecule has 0 saturated heterocycles. The first kappa shape index (κ1) is 13.0. The maximum Gasteiger partial charge on any atom is 0.287 e. The minimum absolute atomic E-state index is 0.286. The van der Waals surface area contributed by atoms with Gasteiger partial charge in [-0.2, -0.15) is 5.10 Å². The Balaban J connectivity index is 2.06. The van der Waals surface area contributed by atoms with Crippen LogP contribution in [-0.2, 0) is 7.05 Å². The van der Waals surface area contributed by atoms with E-state index in [1.165, 1.54) is 4.68 Å². The Labute approximate surface area is 111 Å². The lowest BCUT2D eigenvalue weighted by atomic mass is 10.3. The summed E-state index contributed by atoms with van der Waals surface area (Å²) in [4.78, 5) is 20.3. The first-order valence-corrected chi connectivity index (χ1v) is 5.85. The summed E-state index contributed by atoms with van der Waals surface area (Å²) in [6.45, 7) is 5.57. The van der Waals surface area contributed by atoms with Gasteiger partial charge in [0.1, 0.15) is 5.69 Å². The predicted molar refractivity (Wildman–Crippen MR) is 70.5 cm³/mol. The van der Waals surface area contributed by atoms with Gasteiger partial charge in [0.05, 0.1) is 5.69 Å². The van der Waals surface area contributed by atoms with Crippen molar-refractivity contribution < 1.29 is 4.79 Å². The Morgan fingerprint density at radius 3 is 2.26 bits per heavy atom. The van der Waals surface area contributed by atoms with Crippen molar-refractivity contribution in [2.24, 2.45) is 7.05 Å². The summed E-state index contributed by atoms with van der Waals surface area (Å²) in [5.74, 6) is 0.0793. The predicted octanol–water partition coefficient (Wildman–Crippen LogP) is 0.892. The van der Waals surface area contributed by atoms with Crippen molar-refractivity contribution in [1.29, 1.82) is 0 Å². The van der Waals surface area contributed by atoms with E-state index in [1.807, 2.05) is 26.8 Å². The zero-order valence-electron chi connectivity index (χ0n) is 11.4. The molecule has 0 unspecified atom stereocenters. The Kier molecular flexibility index (Phi) is 3.46. The average molecular weight is 260 g/mol. The molecule has 19 heavy (non-hydrogen) atoms. The van der Waals surface area contributed by atoms with Crippen molar-refractivity contribution in [2.75, 3.05) is 5.43 Å². The highest BCUT2D eigenvalue weighted by Gasteiger charge is 2.11. The Morgan fingerprint density at radius 1 is 1.11 bits per heavy atom. The number of aryl methyl sites for hydroxylation is 4. The molecule has 0 bridgehead atoms. The van der Waals surface area contributed by atoms with Crippen LogP contribution in [0.5, 0.6) is 0 Å². The lowest BCUT2D eigenvalue weighted by Crippen LogP contribution is -2.31. The van der Waals surface area contributed by atoms with Gasteiger partial charge in [0, 0.05) is 18.4 Å². The number of hydrogen-bond acceptors (Lipinski definition) is 5. The van der Waals surface area contributed by atoms with Crippen LogP contribution in [0.1, 0.15) is 27.6 Å². The van der Waals surface area contributed by atoms with Crippen molar-refractivity contribution in [2.45, 2.75) is 20.8 Å². The quantitative estimate of drug-likeness (QED) is 0.801. The molecule has 100 valence electrons. The van der Waals surface area contributed by atoms with Crippen LogP contribution >= 0.6 is 0 Å². The molecule has 2 heterocycles. The van der Waals surface area contributed by atoms with E-state index in [9.17, 15) is 4.79 Å². The van der Waals surface area contributed by atoms with E-state index in [2.05, 4.69) is 25.9 Å². The zero-order valence-corrected chi connectivity index (χ0v) is 11.4. The topological polar surface area (TPSA) is 84.7 Å². The van der Waals surface area contributed by atoms with Crippen LogP contribution in [0.25, 0.3) is 0 Å². The highest BCUT2D eigenvalue weighted by Crippen LogP contribution is 2.04. The molecule has 0 fully saturated rings. The molecule has 7 heteroatoms. The number of rotatable bonds is 3. The first-order valence-electron chi connectivity index (χ1n) is 5.85. The van der Waals surface area contributed by atoms with E-state index in [4.69, 9.17) is 0 Å². The molecular formula is C12H16N6O. The minimum atomic E-state index is -0.286. The van der Waals surface area contributed by atoms with Crippen LogP contribution < -0.4 is 10.9 Å². The fourth-order valence-corrected chi connectivity index (χ4v) is 1.78. The van der Waals surface area contributed by atoms with Crippen molar-refractivity contribution in [3.63, 3.8) is 0 Å². The summed E-state index contributed by atoms with van der Waals surface area (Å²) >= 11 is 0. The number of carbonyl (C=O) groups is 1. The number of nitrogens with zero attached hydrogens (tertiary/aromatic N) is 4.